The van der Waals surface area contributed by atoms with E-state index in [2.05, 4.69) is 5.32 Å². The quantitative estimate of drug-likeness (QED) is 0.757. The lowest BCUT2D eigenvalue weighted by Crippen LogP contribution is -2.58. The lowest BCUT2D eigenvalue weighted by Gasteiger charge is -2.58. The molecule has 2 atom stereocenters. The van der Waals surface area contributed by atoms with Crippen LogP contribution in [0.5, 0.6) is 0 Å². The van der Waals surface area contributed by atoms with Crippen molar-refractivity contribution in [2.45, 2.75) is 44.1 Å². The Balaban J connectivity index is 1.37. The summed E-state index contributed by atoms with van der Waals surface area (Å²) in [5.74, 6) is -0.0307. The Labute approximate surface area is 162 Å². The molecule has 1 aromatic rings. The highest BCUT2D eigenvalue weighted by Crippen LogP contribution is 2.61. The van der Waals surface area contributed by atoms with Crippen molar-refractivity contribution in [2.75, 3.05) is 11.9 Å². The molecule has 1 amide bonds. The van der Waals surface area contributed by atoms with E-state index >= 15 is 0 Å². The molecule has 5 nitrogen and oxygen atoms in total. The SMILES string of the molecule is O=C(COC(=O)C12CC3CC(CC(O)(C3)C1)C2)Nc1cc(Cl)cc(Cl)c1. The minimum atomic E-state index is -0.733. The Kier molecular flexibility index (Phi) is 4.45. The van der Waals surface area contributed by atoms with Crippen molar-refractivity contribution in [3.8, 4) is 0 Å². The van der Waals surface area contributed by atoms with E-state index in [1.807, 2.05) is 0 Å². The molecule has 0 saturated heterocycles. The maximum atomic E-state index is 12.7. The van der Waals surface area contributed by atoms with Gasteiger partial charge in [0.2, 0.25) is 0 Å². The van der Waals surface area contributed by atoms with Crippen molar-refractivity contribution in [3.05, 3.63) is 28.2 Å². The number of nitrogens with one attached hydrogen (secondary N) is 1. The number of aliphatic hydroxyl groups is 1. The average Bonchev–Trinajstić information content (AvgIpc) is 2.49. The van der Waals surface area contributed by atoms with Gasteiger partial charge >= 0.3 is 5.97 Å². The third kappa shape index (κ3) is 3.45. The minimum absolute atomic E-state index is 0.357. The predicted octanol–water partition coefficient (Wildman–Crippen LogP) is 3.81. The highest BCUT2D eigenvalue weighted by molar-refractivity contribution is 6.35. The lowest BCUT2D eigenvalue weighted by atomic mass is 9.48. The largest absolute Gasteiger partial charge is 0.455 e. The Hall–Kier alpha value is -1.30. The summed E-state index contributed by atoms with van der Waals surface area (Å²) in [6.45, 7) is -0.363. The number of ether oxygens (including phenoxy) is 1. The van der Waals surface area contributed by atoms with E-state index in [0.717, 1.165) is 32.1 Å². The van der Waals surface area contributed by atoms with E-state index in [-0.39, 0.29) is 12.6 Å². The van der Waals surface area contributed by atoms with E-state index in [1.54, 1.807) is 18.2 Å². The number of carbonyl (C=O) groups is 2. The fourth-order valence-electron chi connectivity index (χ4n) is 5.56. The fourth-order valence-corrected chi connectivity index (χ4v) is 6.09. The zero-order valence-electron chi connectivity index (χ0n) is 14.3. The van der Waals surface area contributed by atoms with Gasteiger partial charge in [0.25, 0.3) is 5.91 Å². The number of anilines is 1. The molecule has 140 valence electrons. The third-order valence-electron chi connectivity index (χ3n) is 5.94. The first-order valence-electron chi connectivity index (χ1n) is 8.91. The molecule has 4 bridgehead atoms. The van der Waals surface area contributed by atoms with Crippen LogP contribution in [0.15, 0.2) is 18.2 Å². The van der Waals surface area contributed by atoms with Gasteiger partial charge in [-0.15, -0.1) is 0 Å². The smallest absolute Gasteiger partial charge is 0.312 e. The van der Waals surface area contributed by atoms with Gasteiger partial charge in [-0.05, 0) is 68.6 Å². The predicted molar refractivity (Wildman–Crippen MR) is 98.1 cm³/mol. The Bertz CT molecular complexity index is 732. The van der Waals surface area contributed by atoms with Crippen LogP contribution in [0.4, 0.5) is 5.69 Å². The highest BCUT2D eigenvalue weighted by Gasteiger charge is 2.60. The number of esters is 1. The van der Waals surface area contributed by atoms with Crippen LogP contribution in [0.1, 0.15) is 38.5 Å². The molecule has 2 N–H and O–H groups in total. The van der Waals surface area contributed by atoms with E-state index in [0.29, 0.717) is 34.0 Å². The second kappa shape index (κ2) is 6.39. The first-order chi connectivity index (χ1) is 12.3. The Morgan fingerprint density at radius 3 is 2.31 bits per heavy atom. The van der Waals surface area contributed by atoms with Crippen LogP contribution in [-0.4, -0.2) is 29.2 Å². The summed E-state index contributed by atoms with van der Waals surface area (Å²) in [7, 11) is 0. The molecule has 0 spiro atoms. The minimum Gasteiger partial charge on any atom is -0.455 e. The Morgan fingerprint density at radius 1 is 1.12 bits per heavy atom. The average molecular weight is 398 g/mol. The number of halogens is 2. The van der Waals surface area contributed by atoms with Gasteiger partial charge < -0.3 is 15.2 Å². The maximum absolute atomic E-state index is 12.7. The van der Waals surface area contributed by atoms with Crippen LogP contribution in [-0.2, 0) is 14.3 Å². The summed E-state index contributed by atoms with van der Waals surface area (Å²) in [6, 6.07) is 4.71. The van der Waals surface area contributed by atoms with Crippen LogP contribution in [0, 0.1) is 17.3 Å². The molecule has 4 aliphatic carbocycles. The summed E-state index contributed by atoms with van der Waals surface area (Å²) in [6.07, 6.45) is 4.64. The van der Waals surface area contributed by atoms with Gasteiger partial charge in [0.05, 0.1) is 11.0 Å². The van der Waals surface area contributed by atoms with Crippen molar-refractivity contribution in [2.24, 2.45) is 17.3 Å². The zero-order valence-corrected chi connectivity index (χ0v) is 15.8. The normalized spacial score (nSPS) is 34.6. The molecule has 4 saturated carbocycles. The number of benzene rings is 1. The van der Waals surface area contributed by atoms with Gasteiger partial charge in [-0.25, -0.2) is 0 Å². The molecular weight excluding hydrogens is 377 g/mol. The zero-order chi connectivity index (χ0) is 18.5. The second-order valence-electron chi connectivity index (χ2n) is 8.25. The molecule has 7 heteroatoms. The molecule has 4 aliphatic rings. The number of amides is 1. The first kappa shape index (κ1) is 18.1. The summed E-state index contributed by atoms with van der Waals surface area (Å²) in [4.78, 5) is 24.9. The van der Waals surface area contributed by atoms with Gasteiger partial charge in [0, 0.05) is 15.7 Å². The second-order valence-corrected chi connectivity index (χ2v) is 9.12. The van der Waals surface area contributed by atoms with Gasteiger partial charge in [-0.1, -0.05) is 23.2 Å². The summed E-state index contributed by atoms with van der Waals surface area (Å²) < 4.78 is 5.34. The molecule has 2 unspecified atom stereocenters. The summed E-state index contributed by atoms with van der Waals surface area (Å²) >= 11 is 11.8. The molecule has 0 aromatic heterocycles. The van der Waals surface area contributed by atoms with Crippen molar-refractivity contribution in [3.63, 3.8) is 0 Å². The fraction of sp³-hybridized carbons (Fsp3) is 0.579. The molecule has 0 aliphatic heterocycles. The van der Waals surface area contributed by atoms with Crippen molar-refractivity contribution in [1.82, 2.24) is 0 Å². The van der Waals surface area contributed by atoms with E-state index in [9.17, 15) is 14.7 Å². The molecule has 1 aromatic carbocycles. The van der Waals surface area contributed by atoms with Gasteiger partial charge in [-0.2, -0.15) is 0 Å². The number of hydrogen-bond donors (Lipinski definition) is 2. The third-order valence-corrected chi connectivity index (χ3v) is 6.38. The first-order valence-corrected chi connectivity index (χ1v) is 9.66. The number of hydrogen-bond acceptors (Lipinski definition) is 4. The van der Waals surface area contributed by atoms with Gasteiger partial charge in [0.1, 0.15) is 0 Å². The lowest BCUT2D eigenvalue weighted by molar-refractivity contribution is -0.196. The van der Waals surface area contributed by atoms with Crippen LogP contribution >= 0.6 is 23.2 Å². The summed E-state index contributed by atoms with van der Waals surface area (Å²) in [5, 5.41) is 14.2. The maximum Gasteiger partial charge on any atom is 0.312 e. The monoisotopic (exact) mass is 397 g/mol. The van der Waals surface area contributed by atoms with Crippen LogP contribution < -0.4 is 5.32 Å². The van der Waals surface area contributed by atoms with Crippen molar-refractivity contribution in [1.29, 1.82) is 0 Å². The van der Waals surface area contributed by atoms with Crippen molar-refractivity contribution < 1.29 is 19.4 Å². The van der Waals surface area contributed by atoms with Gasteiger partial charge in [0.15, 0.2) is 6.61 Å². The molecule has 0 heterocycles. The standard InChI is InChI=1S/C19H21Cl2NO4/c20-13-2-14(21)4-15(3-13)22-16(23)9-26-17(24)18-5-11-1-12(6-18)8-19(25,7-11)10-18/h2-4,11-12,25H,1,5-10H2,(H,22,23). The Morgan fingerprint density at radius 2 is 1.73 bits per heavy atom. The molecule has 0 radical (unpaired) electrons. The summed E-state index contributed by atoms with van der Waals surface area (Å²) in [5.41, 5.74) is -0.908. The van der Waals surface area contributed by atoms with Crippen LogP contribution in [0.25, 0.3) is 0 Å². The molecule has 4 fully saturated rings. The number of rotatable bonds is 4. The molecule has 26 heavy (non-hydrogen) atoms. The number of carbonyl (C=O) groups excluding carboxylic acids is 2. The molecular formula is C19H21Cl2NO4. The highest BCUT2D eigenvalue weighted by atomic mass is 35.5. The van der Waals surface area contributed by atoms with E-state index in [1.165, 1.54) is 0 Å². The van der Waals surface area contributed by atoms with Crippen LogP contribution in [0.2, 0.25) is 10.0 Å². The van der Waals surface area contributed by atoms with E-state index in [4.69, 9.17) is 27.9 Å². The molecule has 5 rings (SSSR count). The van der Waals surface area contributed by atoms with Crippen molar-refractivity contribution >= 4 is 40.8 Å². The topological polar surface area (TPSA) is 75.6 Å². The van der Waals surface area contributed by atoms with Crippen LogP contribution in [0.3, 0.4) is 0 Å². The van der Waals surface area contributed by atoms with Gasteiger partial charge in [-0.3, -0.25) is 9.59 Å². The van der Waals surface area contributed by atoms with E-state index < -0.39 is 16.9 Å².